The van der Waals surface area contributed by atoms with Crippen molar-refractivity contribution in [1.29, 1.82) is 0 Å². The molecule has 0 radical (unpaired) electrons. The zero-order valence-corrected chi connectivity index (χ0v) is 9.05. The Kier molecular flexibility index (Phi) is 2.27. The first-order chi connectivity index (χ1) is 7.91. The number of nitrogens with zero attached hydrogens (tertiary/aromatic N) is 3. The van der Waals surface area contributed by atoms with Gasteiger partial charge in [0.2, 0.25) is 0 Å². The largest absolute Gasteiger partial charge is 0.351 e. The maximum Gasteiger partial charge on any atom is 0.351 e. The molecule has 0 saturated heterocycles. The fourth-order valence-corrected chi connectivity index (χ4v) is 1.78. The van der Waals surface area contributed by atoms with Gasteiger partial charge in [0, 0.05) is 6.07 Å². The first kappa shape index (κ1) is 11.0. The van der Waals surface area contributed by atoms with E-state index in [1.807, 2.05) is 0 Å². The number of hydrogen-bond acceptors (Lipinski definition) is 5. The molecule has 17 heavy (non-hydrogen) atoms. The molecule has 8 nitrogen and oxygen atoms in total. The first-order valence-electron chi connectivity index (χ1n) is 4.70. The Bertz CT molecular complexity index is 646. The molecule has 0 atom stereocenters. The minimum absolute atomic E-state index is 0.198. The van der Waals surface area contributed by atoms with E-state index in [1.54, 1.807) is 6.92 Å². The van der Waals surface area contributed by atoms with Crippen LogP contribution in [0.5, 0.6) is 0 Å². The summed E-state index contributed by atoms with van der Waals surface area (Å²) in [6, 6.07) is 1.14. The number of fused-ring (bicyclic) bond motifs is 1. The number of nitro benzene ring substituents is 2. The predicted octanol–water partition coefficient (Wildman–Crippen LogP) is 2.00. The number of nitro groups is 2. The van der Waals surface area contributed by atoms with Crippen molar-refractivity contribution in [3.05, 3.63) is 37.7 Å². The van der Waals surface area contributed by atoms with Crippen LogP contribution in [0, 0.1) is 34.1 Å². The summed E-state index contributed by atoms with van der Waals surface area (Å²) in [5, 5.41) is 21.7. The zero-order valence-electron chi connectivity index (χ0n) is 9.05. The molecule has 2 rings (SSSR count). The molecule has 0 aliphatic rings. The van der Waals surface area contributed by atoms with Gasteiger partial charge in [-0.1, -0.05) is 0 Å². The van der Waals surface area contributed by atoms with Crippen LogP contribution in [0.4, 0.5) is 11.4 Å². The molecular formula is C9H8N4O4. The van der Waals surface area contributed by atoms with Gasteiger partial charge in [0.05, 0.1) is 26.4 Å². The van der Waals surface area contributed by atoms with E-state index in [0.29, 0.717) is 16.9 Å². The molecule has 0 saturated carbocycles. The summed E-state index contributed by atoms with van der Waals surface area (Å²) < 4.78 is 0. The number of aromatic nitrogens is 2. The molecule has 8 heteroatoms. The van der Waals surface area contributed by atoms with Gasteiger partial charge < -0.3 is 4.98 Å². The van der Waals surface area contributed by atoms with Crippen molar-refractivity contribution in [1.82, 2.24) is 9.97 Å². The van der Waals surface area contributed by atoms with Crippen molar-refractivity contribution in [2.45, 2.75) is 13.8 Å². The second kappa shape index (κ2) is 3.51. The van der Waals surface area contributed by atoms with Gasteiger partial charge in [-0.3, -0.25) is 20.2 Å². The second-order valence-electron chi connectivity index (χ2n) is 3.60. The van der Waals surface area contributed by atoms with E-state index in [1.165, 1.54) is 6.92 Å². The standard InChI is InChI=1S/C9H8N4O4/c1-4-8-6(10-5(2)11-8)3-7(12(14)15)9(4)13(16)17/h3H,1-2H3,(H,10,11). The van der Waals surface area contributed by atoms with E-state index in [4.69, 9.17) is 0 Å². The Hall–Kier alpha value is -2.51. The molecule has 0 amide bonds. The van der Waals surface area contributed by atoms with Crippen LogP contribution < -0.4 is 0 Å². The third kappa shape index (κ3) is 1.59. The quantitative estimate of drug-likeness (QED) is 0.632. The molecule has 0 spiro atoms. The minimum Gasteiger partial charge on any atom is -0.342 e. The van der Waals surface area contributed by atoms with E-state index in [2.05, 4.69) is 9.97 Å². The number of nitrogens with one attached hydrogen (secondary N) is 1. The van der Waals surface area contributed by atoms with Crippen molar-refractivity contribution in [3.8, 4) is 0 Å². The van der Waals surface area contributed by atoms with Crippen LogP contribution in [0.15, 0.2) is 6.07 Å². The highest BCUT2D eigenvalue weighted by Crippen LogP contribution is 2.35. The van der Waals surface area contributed by atoms with Crippen molar-refractivity contribution in [2.75, 3.05) is 0 Å². The van der Waals surface area contributed by atoms with Gasteiger partial charge in [-0.05, 0) is 13.8 Å². The highest BCUT2D eigenvalue weighted by Gasteiger charge is 2.29. The van der Waals surface area contributed by atoms with E-state index in [9.17, 15) is 20.2 Å². The maximum atomic E-state index is 10.9. The predicted molar refractivity (Wildman–Crippen MR) is 58.9 cm³/mol. The lowest BCUT2D eigenvalue weighted by atomic mass is 10.1. The fraction of sp³-hybridized carbons (Fsp3) is 0.222. The molecule has 0 aliphatic carbocycles. The Balaban J connectivity index is 2.92. The van der Waals surface area contributed by atoms with Crippen LogP contribution >= 0.6 is 0 Å². The molecule has 0 aliphatic heterocycles. The summed E-state index contributed by atoms with van der Waals surface area (Å²) in [7, 11) is 0. The van der Waals surface area contributed by atoms with Gasteiger partial charge in [0.1, 0.15) is 5.82 Å². The number of aromatic amines is 1. The molecule has 2 aromatic rings. The Labute approximate surface area is 94.6 Å². The number of H-pyrrole nitrogens is 1. The Morgan fingerprint density at radius 3 is 2.41 bits per heavy atom. The van der Waals surface area contributed by atoms with Crippen LogP contribution in [0.2, 0.25) is 0 Å². The van der Waals surface area contributed by atoms with Crippen LogP contribution in [0.25, 0.3) is 11.0 Å². The fourth-order valence-electron chi connectivity index (χ4n) is 1.78. The average molecular weight is 236 g/mol. The van der Waals surface area contributed by atoms with Gasteiger partial charge in [0.25, 0.3) is 0 Å². The number of rotatable bonds is 2. The summed E-state index contributed by atoms with van der Waals surface area (Å²) >= 11 is 0. The van der Waals surface area contributed by atoms with E-state index in [-0.39, 0.29) is 5.56 Å². The lowest BCUT2D eigenvalue weighted by Gasteiger charge is -1.99. The van der Waals surface area contributed by atoms with E-state index in [0.717, 1.165) is 6.07 Å². The normalized spacial score (nSPS) is 10.7. The minimum atomic E-state index is -0.763. The van der Waals surface area contributed by atoms with Crippen LogP contribution in [0.1, 0.15) is 11.4 Å². The highest BCUT2D eigenvalue weighted by atomic mass is 16.6. The molecular weight excluding hydrogens is 228 g/mol. The maximum absolute atomic E-state index is 10.9. The lowest BCUT2D eigenvalue weighted by molar-refractivity contribution is -0.422. The third-order valence-corrected chi connectivity index (χ3v) is 2.46. The molecule has 88 valence electrons. The summed E-state index contributed by atoms with van der Waals surface area (Å²) in [5.41, 5.74) is -0.0155. The Morgan fingerprint density at radius 1 is 1.24 bits per heavy atom. The van der Waals surface area contributed by atoms with Crippen molar-refractivity contribution in [3.63, 3.8) is 0 Å². The third-order valence-electron chi connectivity index (χ3n) is 2.46. The molecule has 0 fully saturated rings. The number of hydrogen-bond donors (Lipinski definition) is 1. The first-order valence-corrected chi connectivity index (χ1v) is 4.70. The molecule has 1 heterocycles. The molecule has 0 bridgehead atoms. The van der Waals surface area contributed by atoms with Gasteiger partial charge in [-0.25, -0.2) is 4.98 Å². The summed E-state index contributed by atoms with van der Waals surface area (Å²) in [6.45, 7) is 3.13. The average Bonchev–Trinajstić information content (AvgIpc) is 2.57. The van der Waals surface area contributed by atoms with Gasteiger partial charge in [0.15, 0.2) is 0 Å². The summed E-state index contributed by atoms with van der Waals surface area (Å²) in [4.78, 5) is 27.0. The highest BCUT2D eigenvalue weighted by molar-refractivity contribution is 5.87. The molecule has 0 unspecified atom stereocenters. The van der Waals surface area contributed by atoms with Crippen LogP contribution in [0.3, 0.4) is 0 Å². The van der Waals surface area contributed by atoms with Gasteiger partial charge in [-0.2, -0.15) is 0 Å². The number of benzene rings is 1. The summed E-state index contributed by atoms with van der Waals surface area (Å²) in [5.74, 6) is 0.554. The van der Waals surface area contributed by atoms with E-state index < -0.39 is 21.2 Å². The monoisotopic (exact) mass is 236 g/mol. The number of imidazole rings is 1. The summed E-state index contributed by atoms with van der Waals surface area (Å²) in [6.07, 6.45) is 0. The zero-order chi connectivity index (χ0) is 12.7. The van der Waals surface area contributed by atoms with Crippen molar-refractivity contribution < 1.29 is 9.85 Å². The van der Waals surface area contributed by atoms with Crippen LogP contribution in [-0.4, -0.2) is 19.8 Å². The Morgan fingerprint density at radius 2 is 1.88 bits per heavy atom. The van der Waals surface area contributed by atoms with E-state index >= 15 is 0 Å². The SMILES string of the molecule is Cc1nc2c(C)c([N+](=O)[O-])c([N+](=O)[O-])cc2[nH]1. The van der Waals surface area contributed by atoms with Crippen molar-refractivity contribution >= 4 is 22.4 Å². The lowest BCUT2D eigenvalue weighted by Crippen LogP contribution is -1.99. The van der Waals surface area contributed by atoms with Gasteiger partial charge in [-0.15, -0.1) is 0 Å². The van der Waals surface area contributed by atoms with Crippen molar-refractivity contribution in [2.24, 2.45) is 0 Å². The smallest absolute Gasteiger partial charge is 0.342 e. The topological polar surface area (TPSA) is 115 Å². The molecule has 1 N–H and O–H groups in total. The molecule has 1 aromatic heterocycles. The molecule has 1 aromatic carbocycles. The second-order valence-corrected chi connectivity index (χ2v) is 3.60. The number of aryl methyl sites for hydroxylation is 2. The van der Waals surface area contributed by atoms with Gasteiger partial charge >= 0.3 is 11.4 Å². The van der Waals surface area contributed by atoms with Crippen LogP contribution in [-0.2, 0) is 0 Å².